The summed E-state index contributed by atoms with van der Waals surface area (Å²) in [6.07, 6.45) is 5.55. The summed E-state index contributed by atoms with van der Waals surface area (Å²) in [5.41, 5.74) is 7.93. The molecular formula is C16H16ClN3O. The Morgan fingerprint density at radius 1 is 1.29 bits per heavy atom. The number of carbonyl (C=O) groups excluding carboxylic acids is 1. The number of aromatic nitrogens is 1. The molecule has 1 amide bonds. The first-order valence-corrected chi connectivity index (χ1v) is 7.28. The summed E-state index contributed by atoms with van der Waals surface area (Å²) in [5.74, 6) is -0.0608. The molecule has 2 aromatic rings. The Morgan fingerprint density at radius 3 is 2.67 bits per heavy atom. The predicted molar refractivity (Wildman–Crippen MR) is 83.0 cm³/mol. The number of hydrogen-bond donors (Lipinski definition) is 1. The van der Waals surface area contributed by atoms with E-state index < -0.39 is 0 Å². The molecule has 4 nitrogen and oxygen atoms in total. The second kappa shape index (κ2) is 5.74. The molecule has 0 bridgehead atoms. The summed E-state index contributed by atoms with van der Waals surface area (Å²) in [6, 6.07) is 9.14. The molecule has 0 radical (unpaired) electrons. The minimum Gasteiger partial charge on any atom is -0.398 e. The van der Waals surface area contributed by atoms with Crippen molar-refractivity contribution in [2.45, 2.75) is 25.4 Å². The van der Waals surface area contributed by atoms with Gasteiger partial charge in [-0.15, -0.1) is 0 Å². The molecule has 3 rings (SSSR count). The first-order chi connectivity index (χ1) is 10.1. The predicted octanol–water partition coefficient (Wildman–Crippen LogP) is 3.12. The fraction of sp³-hybridized carbons (Fsp3) is 0.250. The quantitative estimate of drug-likeness (QED) is 0.883. The van der Waals surface area contributed by atoms with Crippen molar-refractivity contribution in [2.75, 3.05) is 5.73 Å². The van der Waals surface area contributed by atoms with Crippen molar-refractivity contribution in [3.05, 3.63) is 58.9 Å². The van der Waals surface area contributed by atoms with Crippen LogP contribution in [-0.4, -0.2) is 21.8 Å². The van der Waals surface area contributed by atoms with E-state index in [1.165, 1.54) is 0 Å². The van der Waals surface area contributed by atoms with Gasteiger partial charge in [0.2, 0.25) is 0 Å². The normalized spacial score (nSPS) is 14.0. The molecule has 1 heterocycles. The molecule has 108 valence electrons. The number of carbonyl (C=O) groups is 1. The molecule has 0 saturated heterocycles. The molecule has 2 N–H and O–H groups in total. The van der Waals surface area contributed by atoms with Gasteiger partial charge in [0.15, 0.2) is 0 Å². The zero-order valence-electron chi connectivity index (χ0n) is 11.5. The highest BCUT2D eigenvalue weighted by Gasteiger charge is 2.33. The van der Waals surface area contributed by atoms with Gasteiger partial charge in [-0.3, -0.25) is 9.78 Å². The zero-order chi connectivity index (χ0) is 14.8. The number of nitrogens with zero attached hydrogens (tertiary/aromatic N) is 2. The van der Waals surface area contributed by atoms with Crippen LogP contribution in [0.5, 0.6) is 0 Å². The van der Waals surface area contributed by atoms with Crippen LogP contribution in [0.2, 0.25) is 5.02 Å². The molecule has 1 aliphatic rings. The number of anilines is 1. The van der Waals surface area contributed by atoms with E-state index in [-0.39, 0.29) is 5.91 Å². The van der Waals surface area contributed by atoms with Crippen molar-refractivity contribution >= 4 is 23.2 Å². The fourth-order valence-corrected chi connectivity index (χ4v) is 2.48. The average Bonchev–Trinajstić information content (AvgIpc) is 3.32. The van der Waals surface area contributed by atoms with E-state index in [1.54, 1.807) is 30.6 Å². The highest BCUT2D eigenvalue weighted by Crippen LogP contribution is 2.31. The van der Waals surface area contributed by atoms with Crippen LogP contribution in [0.15, 0.2) is 42.7 Å². The molecule has 1 fully saturated rings. The van der Waals surface area contributed by atoms with Crippen LogP contribution in [0.3, 0.4) is 0 Å². The van der Waals surface area contributed by atoms with Crippen molar-refractivity contribution < 1.29 is 4.79 Å². The summed E-state index contributed by atoms with van der Waals surface area (Å²) in [6.45, 7) is 0.567. The first kappa shape index (κ1) is 13.9. The van der Waals surface area contributed by atoms with E-state index in [9.17, 15) is 4.79 Å². The average molecular weight is 302 g/mol. The Bertz CT molecular complexity index is 656. The van der Waals surface area contributed by atoms with Crippen LogP contribution < -0.4 is 5.73 Å². The van der Waals surface area contributed by atoms with Crippen molar-refractivity contribution in [2.24, 2.45) is 0 Å². The largest absolute Gasteiger partial charge is 0.398 e. The molecule has 1 aromatic carbocycles. The van der Waals surface area contributed by atoms with Crippen molar-refractivity contribution in [1.82, 2.24) is 9.88 Å². The van der Waals surface area contributed by atoms with Gasteiger partial charge >= 0.3 is 0 Å². The van der Waals surface area contributed by atoms with Gasteiger partial charge in [-0.05, 0) is 48.7 Å². The first-order valence-electron chi connectivity index (χ1n) is 6.90. The van der Waals surface area contributed by atoms with Gasteiger partial charge in [0, 0.05) is 35.7 Å². The molecule has 0 unspecified atom stereocenters. The fourth-order valence-electron chi connectivity index (χ4n) is 2.31. The summed E-state index contributed by atoms with van der Waals surface area (Å²) in [4.78, 5) is 18.6. The summed E-state index contributed by atoms with van der Waals surface area (Å²) >= 11 is 5.99. The zero-order valence-corrected chi connectivity index (χ0v) is 12.3. The van der Waals surface area contributed by atoms with Gasteiger partial charge in [0.05, 0.1) is 5.56 Å². The van der Waals surface area contributed by atoms with Crippen LogP contribution in [-0.2, 0) is 6.54 Å². The van der Waals surface area contributed by atoms with E-state index >= 15 is 0 Å². The third-order valence-corrected chi connectivity index (χ3v) is 3.83. The van der Waals surface area contributed by atoms with E-state index in [0.29, 0.717) is 28.9 Å². The Kier molecular flexibility index (Phi) is 3.80. The lowest BCUT2D eigenvalue weighted by Gasteiger charge is -2.23. The topological polar surface area (TPSA) is 59.2 Å². The van der Waals surface area contributed by atoms with Gasteiger partial charge < -0.3 is 10.6 Å². The van der Waals surface area contributed by atoms with Crippen LogP contribution in [0, 0.1) is 0 Å². The summed E-state index contributed by atoms with van der Waals surface area (Å²) < 4.78 is 0. The number of nitrogen functional groups attached to an aromatic ring is 1. The molecule has 1 aromatic heterocycles. The monoisotopic (exact) mass is 301 g/mol. The number of hydrogen-bond acceptors (Lipinski definition) is 3. The SMILES string of the molecule is Nc1ccc(Cl)cc1C(=O)N(Cc1ccncc1)C1CC1. The molecular weight excluding hydrogens is 286 g/mol. The Morgan fingerprint density at radius 2 is 2.00 bits per heavy atom. The van der Waals surface area contributed by atoms with Crippen molar-refractivity contribution in [1.29, 1.82) is 0 Å². The Balaban J connectivity index is 1.87. The third-order valence-electron chi connectivity index (χ3n) is 3.60. The second-order valence-corrected chi connectivity index (χ2v) is 5.69. The van der Waals surface area contributed by atoms with Crippen LogP contribution in [0.4, 0.5) is 5.69 Å². The van der Waals surface area contributed by atoms with E-state index in [4.69, 9.17) is 17.3 Å². The summed E-state index contributed by atoms with van der Waals surface area (Å²) in [7, 11) is 0. The minimum absolute atomic E-state index is 0.0608. The number of benzene rings is 1. The van der Waals surface area contributed by atoms with Crippen molar-refractivity contribution in [3.8, 4) is 0 Å². The third kappa shape index (κ3) is 3.16. The van der Waals surface area contributed by atoms with E-state index in [1.807, 2.05) is 17.0 Å². The Hall–Kier alpha value is -2.07. The van der Waals surface area contributed by atoms with Gasteiger partial charge in [0.25, 0.3) is 5.91 Å². The standard InChI is InChI=1S/C16H16ClN3O/c17-12-1-4-15(18)14(9-12)16(21)20(13-2-3-13)10-11-5-7-19-8-6-11/h1,4-9,13H,2-3,10,18H2. The lowest BCUT2D eigenvalue weighted by molar-refractivity contribution is 0.0731. The maximum absolute atomic E-state index is 12.8. The molecule has 5 heteroatoms. The molecule has 21 heavy (non-hydrogen) atoms. The number of halogens is 1. The highest BCUT2D eigenvalue weighted by molar-refractivity contribution is 6.31. The van der Waals surface area contributed by atoms with E-state index in [2.05, 4.69) is 4.98 Å². The second-order valence-electron chi connectivity index (χ2n) is 5.25. The molecule has 1 saturated carbocycles. The van der Waals surface area contributed by atoms with Gasteiger partial charge in [0.1, 0.15) is 0 Å². The molecule has 0 aliphatic heterocycles. The smallest absolute Gasteiger partial charge is 0.256 e. The van der Waals surface area contributed by atoms with Gasteiger partial charge in [-0.1, -0.05) is 11.6 Å². The molecule has 1 aliphatic carbocycles. The Labute approximate surface area is 128 Å². The number of pyridine rings is 1. The molecule has 0 atom stereocenters. The number of rotatable bonds is 4. The molecule has 0 spiro atoms. The van der Waals surface area contributed by atoms with Gasteiger partial charge in [-0.2, -0.15) is 0 Å². The maximum atomic E-state index is 12.8. The lowest BCUT2D eigenvalue weighted by atomic mass is 10.1. The maximum Gasteiger partial charge on any atom is 0.256 e. The minimum atomic E-state index is -0.0608. The van der Waals surface area contributed by atoms with Gasteiger partial charge in [-0.25, -0.2) is 0 Å². The van der Waals surface area contributed by atoms with Crippen LogP contribution >= 0.6 is 11.6 Å². The number of amides is 1. The lowest BCUT2D eigenvalue weighted by Crippen LogP contribution is -2.33. The van der Waals surface area contributed by atoms with Crippen LogP contribution in [0.1, 0.15) is 28.8 Å². The van der Waals surface area contributed by atoms with E-state index in [0.717, 1.165) is 18.4 Å². The highest BCUT2D eigenvalue weighted by atomic mass is 35.5. The summed E-state index contributed by atoms with van der Waals surface area (Å²) in [5, 5.41) is 0.521. The van der Waals surface area contributed by atoms with Crippen LogP contribution in [0.25, 0.3) is 0 Å². The number of nitrogens with two attached hydrogens (primary N) is 1. The van der Waals surface area contributed by atoms with Crippen molar-refractivity contribution in [3.63, 3.8) is 0 Å².